The molecule has 0 bridgehead atoms. The van der Waals surface area contributed by atoms with Gasteiger partial charge in [-0.05, 0) is 38.5 Å². The number of rotatable bonds is 13. The van der Waals surface area contributed by atoms with Gasteiger partial charge in [0.05, 0.1) is 17.5 Å². The lowest BCUT2D eigenvalue weighted by atomic mass is 10.0. The maximum Gasteiger partial charge on any atom is 0.335 e. The molecule has 1 aromatic carbocycles. The number of benzene rings is 1. The van der Waals surface area contributed by atoms with Gasteiger partial charge in [-0.2, -0.15) is 0 Å². The van der Waals surface area contributed by atoms with Gasteiger partial charge in [-0.1, -0.05) is 5.75 Å². The molecule has 0 aliphatic carbocycles. The van der Waals surface area contributed by atoms with Crippen LogP contribution in [0.1, 0.15) is 21.5 Å². The highest BCUT2D eigenvalue weighted by atomic mass is 31.2. The quantitative estimate of drug-likeness (QED) is 0.215. The molecule has 180 valence electrons. The predicted octanol–water partition coefficient (Wildman–Crippen LogP) is -9.53. The molecule has 17 heteroatoms. The molecule has 0 saturated carbocycles. The van der Waals surface area contributed by atoms with Crippen molar-refractivity contribution in [1.82, 2.24) is 0 Å². The zero-order valence-electron chi connectivity index (χ0n) is 16.1. The largest absolute Gasteiger partial charge is 0.872 e. The third-order valence-electron chi connectivity index (χ3n) is 3.99. The molecule has 0 fully saturated rings. The summed E-state index contributed by atoms with van der Waals surface area (Å²) in [5, 5.41) is 43.7. The van der Waals surface area contributed by atoms with Crippen molar-refractivity contribution >= 4 is 33.1 Å². The van der Waals surface area contributed by atoms with Gasteiger partial charge in [-0.15, -0.1) is 0 Å². The Balaban J connectivity index is 3.41. The molecule has 1 rings (SSSR count). The minimum atomic E-state index is -5.26. The van der Waals surface area contributed by atoms with Crippen molar-refractivity contribution in [2.24, 2.45) is 0 Å². The Bertz CT molecular complexity index is 903. The first-order valence-corrected chi connectivity index (χ1v) is 12.1. The Hall–Kier alpha value is -2.35. The van der Waals surface area contributed by atoms with Gasteiger partial charge >= 0.3 is 5.97 Å². The summed E-state index contributed by atoms with van der Waals surface area (Å²) >= 11 is 0. The maximum atomic E-state index is 12.7. The van der Waals surface area contributed by atoms with E-state index in [1.165, 1.54) is 0 Å². The number of aromatic carboxylic acids is 1. The van der Waals surface area contributed by atoms with Crippen molar-refractivity contribution < 1.29 is 73.3 Å². The van der Waals surface area contributed by atoms with Gasteiger partial charge in [0.15, 0.2) is 0 Å². The fraction of sp³-hybridized carbons (Fsp3) is 0.400. The summed E-state index contributed by atoms with van der Waals surface area (Å²) in [6, 6.07) is 1.60. The Kier molecular flexibility index (Phi) is 9.50. The minimum Gasteiger partial charge on any atom is -0.872 e. The number of carbonyl (C=O) groups is 3. The average Bonchev–Trinajstić information content (AvgIpc) is 2.53. The smallest absolute Gasteiger partial charge is 0.335 e. The van der Waals surface area contributed by atoms with Crippen molar-refractivity contribution in [3.8, 4) is 5.75 Å². The number of carboxylic acid groups (broad SMARTS) is 3. The number of carbonyl (C=O) groups excluding carboxylic acids is 2. The highest BCUT2D eigenvalue weighted by Gasteiger charge is 2.19. The average molecular weight is 495 g/mol. The van der Waals surface area contributed by atoms with Crippen LogP contribution in [0.2, 0.25) is 0 Å². The van der Waals surface area contributed by atoms with Crippen LogP contribution in [-0.4, -0.2) is 48.7 Å². The second kappa shape index (κ2) is 11.0. The molecule has 2 unspecified atom stereocenters. The number of nitrogens with one attached hydrogen (secondary N) is 2. The molecule has 0 radical (unpaired) electrons. The predicted molar refractivity (Wildman–Crippen MR) is 86.9 cm³/mol. The van der Waals surface area contributed by atoms with Gasteiger partial charge in [0.2, 0.25) is 0 Å². The molecule has 2 atom stereocenters. The van der Waals surface area contributed by atoms with E-state index < -0.39 is 104 Å². The van der Waals surface area contributed by atoms with Gasteiger partial charge < -0.3 is 68.5 Å². The number of hydrogen-bond donors (Lipinski definition) is 3. The first kappa shape index (κ1) is 27.7. The van der Waals surface area contributed by atoms with E-state index in [1.807, 2.05) is 0 Å². The zero-order valence-corrected chi connectivity index (χ0v) is 17.9. The molecule has 0 aliphatic rings. The van der Waals surface area contributed by atoms with E-state index in [2.05, 4.69) is 0 Å². The Labute approximate surface area is 180 Å². The van der Waals surface area contributed by atoms with Gasteiger partial charge in [-0.25, -0.2) is 4.79 Å². The molecule has 0 spiro atoms. The Morgan fingerprint density at radius 2 is 1.16 bits per heavy atom. The molecule has 32 heavy (non-hydrogen) atoms. The maximum absolute atomic E-state index is 12.7. The fourth-order valence-electron chi connectivity index (χ4n) is 2.98. The van der Waals surface area contributed by atoms with Crippen molar-refractivity contribution in [2.45, 2.75) is 13.1 Å². The highest BCUT2D eigenvalue weighted by Crippen LogP contribution is 2.23. The number of carboxylic acids is 3. The first-order valence-electron chi connectivity index (χ1n) is 8.62. The number of quaternary nitrogens is 2. The van der Waals surface area contributed by atoms with E-state index in [0.717, 1.165) is 12.1 Å². The van der Waals surface area contributed by atoms with Crippen LogP contribution in [0, 0.1) is 0 Å². The van der Waals surface area contributed by atoms with Gasteiger partial charge in [0.25, 0.3) is 0 Å². The summed E-state index contributed by atoms with van der Waals surface area (Å²) < 4.78 is 22.1. The molecule has 0 aliphatic heterocycles. The zero-order chi connectivity index (χ0) is 24.9. The molecular formula is C15H17N2O13P2-5. The van der Waals surface area contributed by atoms with Crippen LogP contribution in [0.3, 0.4) is 0 Å². The fourth-order valence-corrected chi connectivity index (χ4v) is 4.53. The standard InChI is InChI=1S/C15H22N2O13P2/c18-12(19)5-16(7-31(25,26)27)3-10-1-9(15(23)24)2-11(14(10)22)4-17(6-13(20)21)8-32(28,29)30/h1-2,22H,3-8H2,(H,18,19)(H,20,21)(H,23,24)(H2,25,26,27)(H2,28,29,30)/p-5. The lowest BCUT2D eigenvalue weighted by Crippen LogP contribution is -3.12. The van der Waals surface area contributed by atoms with Crippen LogP contribution >= 0.6 is 15.2 Å². The molecule has 15 nitrogen and oxygen atoms in total. The first-order chi connectivity index (χ1) is 14.5. The van der Waals surface area contributed by atoms with Crippen molar-refractivity contribution in [1.29, 1.82) is 0 Å². The topological polar surface area (TPSA) is 276 Å². The van der Waals surface area contributed by atoms with Gasteiger partial charge in [0.1, 0.15) is 38.8 Å². The Morgan fingerprint density at radius 3 is 1.41 bits per heavy atom. The summed E-state index contributed by atoms with van der Waals surface area (Å²) in [5.74, 6) is -6.09. The summed E-state index contributed by atoms with van der Waals surface area (Å²) in [5.41, 5.74) is -1.43. The molecule has 0 aromatic heterocycles. The van der Waals surface area contributed by atoms with E-state index in [9.17, 15) is 63.5 Å². The van der Waals surface area contributed by atoms with Gasteiger partial charge in [-0.3, -0.25) is 0 Å². The lowest BCUT2D eigenvalue weighted by molar-refractivity contribution is -0.900. The van der Waals surface area contributed by atoms with E-state index in [1.54, 1.807) is 0 Å². The molecular weight excluding hydrogens is 478 g/mol. The monoisotopic (exact) mass is 495 g/mol. The van der Waals surface area contributed by atoms with Crippen LogP contribution in [0.4, 0.5) is 0 Å². The molecule has 1 aromatic rings. The van der Waals surface area contributed by atoms with Crippen LogP contribution in [0.25, 0.3) is 0 Å². The van der Waals surface area contributed by atoms with Crippen molar-refractivity contribution in [2.75, 3.05) is 25.7 Å². The number of aliphatic carboxylic acids is 2. The summed E-state index contributed by atoms with van der Waals surface area (Å²) in [4.78, 5) is 76.3. The molecule has 3 N–H and O–H groups in total. The summed E-state index contributed by atoms with van der Waals surface area (Å²) in [7, 11) is -10.5. The third kappa shape index (κ3) is 10.3. The summed E-state index contributed by atoms with van der Waals surface area (Å²) in [6.07, 6.45) is -2.49. The normalized spacial score (nSPS) is 14.0. The van der Waals surface area contributed by atoms with Crippen LogP contribution in [-0.2, 0) is 31.8 Å². The minimum absolute atomic E-state index is 0.440. The van der Waals surface area contributed by atoms with Crippen molar-refractivity contribution in [3.05, 3.63) is 28.8 Å². The van der Waals surface area contributed by atoms with Crippen LogP contribution in [0.15, 0.2) is 12.1 Å². The number of hydrogen-bond acceptors (Lipinski definition) is 12. The SMILES string of the molecule is O=C([O-])C[NH+](Cc1cc(C(=O)O)cc(C[NH+](CC(=O)[O-])CP(=O)([O-])[O-])c1[O-])CP(=O)([O-])[O-]. The Morgan fingerprint density at radius 1 is 0.812 bits per heavy atom. The third-order valence-corrected chi connectivity index (χ3v) is 5.66. The van der Waals surface area contributed by atoms with Crippen LogP contribution in [0.5, 0.6) is 5.75 Å². The van der Waals surface area contributed by atoms with Crippen molar-refractivity contribution in [3.63, 3.8) is 0 Å². The molecule has 0 amide bonds. The van der Waals surface area contributed by atoms with E-state index in [0.29, 0.717) is 0 Å². The highest BCUT2D eigenvalue weighted by molar-refractivity contribution is 7.48. The van der Waals surface area contributed by atoms with E-state index >= 15 is 0 Å². The molecule has 0 heterocycles. The molecule has 0 saturated heterocycles. The van der Waals surface area contributed by atoms with Gasteiger partial charge in [0, 0.05) is 0 Å². The van der Waals surface area contributed by atoms with Crippen LogP contribution < -0.4 is 44.7 Å². The van der Waals surface area contributed by atoms with E-state index in [-0.39, 0.29) is 0 Å². The van der Waals surface area contributed by atoms with E-state index in [4.69, 9.17) is 0 Å². The second-order valence-electron chi connectivity index (χ2n) is 6.92. The second-order valence-corrected chi connectivity index (χ2v) is 9.99. The summed E-state index contributed by atoms with van der Waals surface area (Å²) in [6.45, 7) is -3.49. The lowest BCUT2D eigenvalue weighted by Gasteiger charge is -2.35.